The largest absolute Gasteiger partial charge is 0.0654 e. The lowest BCUT2D eigenvalue weighted by atomic mass is 9.71. The van der Waals surface area contributed by atoms with Gasteiger partial charge in [-0.1, -0.05) is 80.1 Å². The van der Waals surface area contributed by atoms with E-state index in [1.807, 2.05) is 0 Å². The van der Waals surface area contributed by atoms with Crippen LogP contribution in [0.4, 0.5) is 0 Å². The van der Waals surface area contributed by atoms with Crippen LogP contribution in [0.25, 0.3) is 10.8 Å². The molecule has 3 aromatic rings. The molecule has 0 heterocycles. The molecular formula is C42H60I2. The van der Waals surface area contributed by atoms with E-state index in [-0.39, 0.29) is 0 Å². The Balaban J connectivity index is 2.09. The van der Waals surface area contributed by atoms with Crippen LogP contribution in [0, 0.1) is 7.14 Å². The second-order valence-corrected chi connectivity index (χ2v) is 15.9. The minimum absolute atomic E-state index is 1.17. The van der Waals surface area contributed by atoms with Crippen molar-refractivity contribution in [3.05, 3.63) is 74.9 Å². The SMILES string of the molecule is CCCCc1c(CCCC)c(CCCC)c2c(c1CCCC)Cc1c(c(CCCC)c3cc(I)c(I)cc3c1CCCC)C2. The molecule has 0 nitrogen and oxygen atoms in total. The quantitative estimate of drug-likeness (QED) is 0.0878. The average molecular weight is 819 g/mol. The third-order valence-corrected chi connectivity index (χ3v) is 13.2. The van der Waals surface area contributed by atoms with Gasteiger partial charge < -0.3 is 0 Å². The van der Waals surface area contributed by atoms with Gasteiger partial charge in [0.05, 0.1) is 0 Å². The lowest BCUT2D eigenvalue weighted by Gasteiger charge is -2.34. The van der Waals surface area contributed by atoms with Crippen LogP contribution >= 0.6 is 45.2 Å². The number of benzene rings is 3. The molecule has 0 N–H and O–H groups in total. The van der Waals surface area contributed by atoms with Crippen LogP contribution in [0.3, 0.4) is 0 Å². The molecule has 0 unspecified atom stereocenters. The van der Waals surface area contributed by atoms with Crippen LogP contribution in [0.15, 0.2) is 12.1 Å². The molecule has 242 valence electrons. The molecule has 44 heavy (non-hydrogen) atoms. The normalized spacial score (nSPS) is 12.6. The zero-order chi connectivity index (χ0) is 31.6. The number of hydrogen-bond donors (Lipinski definition) is 0. The Labute approximate surface area is 298 Å². The first-order chi connectivity index (χ1) is 21.4. The number of hydrogen-bond acceptors (Lipinski definition) is 0. The van der Waals surface area contributed by atoms with Gasteiger partial charge in [0.2, 0.25) is 0 Å². The van der Waals surface area contributed by atoms with Crippen molar-refractivity contribution in [1.82, 2.24) is 0 Å². The van der Waals surface area contributed by atoms with Gasteiger partial charge in [-0.25, -0.2) is 0 Å². The zero-order valence-corrected chi connectivity index (χ0v) is 33.4. The van der Waals surface area contributed by atoms with E-state index in [9.17, 15) is 0 Å². The van der Waals surface area contributed by atoms with Gasteiger partial charge in [0.15, 0.2) is 0 Å². The molecule has 0 spiro atoms. The molecule has 0 saturated heterocycles. The molecular weight excluding hydrogens is 758 g/mol. The fraction of sp³-hybridized carbons (Fsp3) is 0.619. The van der Waals surface area contributed by atoms with Crippen LogP contribution in [-0.2, 0) is 51.4 Å². The Hall–Kier alpha value is -0.620. The number of aryl methyl sites for hydroxylation is 2. The van der Waals surface area contributed by atoms with E-state index in [1.165, 1.54) is 136 Å². The van der Waals surface area contributed by atoms with E-state index < -0.39 is 0 Å². The van der Waals surface area contributed by atoms with Gasteiger partial charge in [-0.15, -0.1) is 0 Å². The van der Waals surface area contributed by atoms with Crippen molar-refractivity contribution in [1.29, 1.82) is 0 Å². The Kier molecular flexibility index (Phi) is 14.9. The maximum absolute atomic E-state index is 2.58. The van der Waals surface area contributed by atoms with Crippen molar-refractivity contribution < 1.29 is 0 Å². The third kappa shape index (κ3) is 8.08. The Morgan fingerprint density at radius 2 is 0.636 bits per heavy atom. The van der Waals surface area contributed by atoms with Gasteiger partial charge in [-0.05, 0) is 214 Å². The van der Waals surface area contributed by atoms with E-state index in [0.29, 0.717) is 0 Å². The van der Waals surface area contributed by atoms with E-state index in [4.69, 9.17) is 0 Å². The first kappa shape index (κ1) is 36.2. The third-order valence-electron chi connectivity index (χ3n) is 10.4. The van der Waals surface area contributed by atoms with Gasteiger partial charge in [0.25, 0.3) is 0 Å². The summed E-state index contributed by atoms with van der Waals surface area (Å²) in [6, 6.07) is 5.11. The highest BCUT2D eigenvalue weighted by Crippen LogP contribution is 2.44. The second-order valence-electron chi connectivity index (χ2n) is 13.6. The minimum atomic E-state index is 1.17. The Morgan fingerprint density at radius 3 is 0.932 bits per heavy atom. The van der Waals surface area contributed by atoms with E-state index in [0.717, 1.165) is 0 Å². The number of rotatable bonds is 18. The molecule has 3 aromatic carbocycles. The van der Waals surface area contributed by atoms with Gasteiger partial charge in [0.1, 0.15) is 0 Å². The van der Waals surface area contributed by atoms with Crippen LogP contribution in [-0.4, -0.2) is 0 Å². The molecule has 0 aromatic heterocycles. The maximum Gasteiger partial charge on any atom is 0.0270 e. The second kappa shape index (κ2) is 18.1. The monoisotopic (exact) mass is 818 g/mol. The molecule has 0 bridgehead atoms. The summed E-state index contributed by atoms with van der Waals surface area (Å²) < 4.78 is 2.83. The number of halogens is 2. The molecule has 1 aliphatic rings. The molecule has 0 fully saturated rings. The summed E-state index contributed by atoms with van der Waals surface area (Å²) in [5.74, 6) is 0. The van der Waals surface area contributed by atoms with Crippen LogP contribution in [0.2, 0.25) is 0 Å². The summed E-state index contributed by atoms with van der Waals surface area (Å²) >= 11 is 5.17. The van der Waals surface area contributed by atoms with Crippen molar-refractivity contribution in [3.8, 4) is 0 Å². The van der Waals surface area contributed by atoms with E-state index in [1.54, 1.807) is 66.4 Å². The van der Waals surface area contributed by atoms with E-state index in [2.05, 4.69) is 98.9 Å². The van der Waals surface area contributed by atoms with Gasteiger partial charge in [0, 0.05) is 7.14 Å². The summed E-state index contributed by atoms with van der Waals surface area (Å²) in [5.41, 5.74) is 17.6. The van der Waals surface area contributed by atoms with Crippen molar-refractivity contribution in [3.63, 3.8) is 0 Å². The average Bonchev–Trinajstić information content (AvgIpc) is 3.03. The fourth-order valence-electron chi connectivity index (χ4n) is 7.94. The van der Waals surface area contributed by atoms with Crippen molar-refractivity contribution in [2.24, 2.45) is 0 Å². The predicted molar refractivity (Wildman–Crippen MR) is 213 cm³/mol. The Bertz CT molecular complexity index is 1290. The smallest absolute Gasteiger partial charge is 0.0270 e. The first-order valence-electron chi connectivity index (χ1n) is 18.6. The van der Waals surface area contributed by atoms with Crippen molar-refractivity contribution in [2.45, 2.75) is 170 Å². The molecule has 1 aliphatic carbocycles. The van der Waals surface area contributed by atoms with Gasteiger partial charge in [-0.3, -0.25) is 0 Å². The first-order valence-corrected chi connectivity index (χ1v) is 20.7. The molecule has 0 amide bonds. The molecule has 0 atom stereocenters. The van der Waals surface area contributed by atoms with Gasteiger partial charge in [-0.2, -0.15) is 0 Å². The van der Waals surface area contributed by atoms with E-state index >= 15 is 0 Å². The molecule has 2 heteroatoms. The predicted octanol–water partition coefficient (Wildman–Crippen LogP) is 13.6. The number of unbranched alkanes of at least 4 members (excludes halogenated alkanes) is 6. The lowest BCUT2D eigenvalue weighted by Crippen LogP contribution is -2.21. The standard InChI is InChI=1S/C42H60I2/c1-7-13-19-29-30(20-14-8-2)32(22-16-10-4)36-26-38-34(24-18-12-6)40-28-42(44)41(43)27-39(40)33(23-17-11-5)37(38)25-35(36)31(29)21-15-9-3/h27-28H,7-26H2,1-6H3. The van der Waals surface area contributed by atoms with Gasteiger partial charge >= 0.3 is 0 Å². The summed E-state index contributed by atoms with van der Waals surface area (Å²) in [7, 11) is 0. The minimum Gasteiger partial charge on any atom is -0.0654 e. The highest BCUT2D eigenvalue weighted by atomic mass is 127. The van der Waals surface area contributed by atoms with Crippen LogP contribution < -0.4 is 0 Å². The topological polar surface area (TPSA) is 0 Å². The van der Waals surface area contributed by atoms with Crippen LogP contribution in [0.1, 0.15) is 174 Å². The summed E-state index contributed by atoms with van der Waals surface area (Å²) in [6.45, 7) is 14.3. The number of fused-ring (bicyclic) bond motifs is 3. The zero-order valence-electron chi connectivity index (χ0n) is 29.1. The fourth-order valence-corrected chi connectivity index (χ4v) is 8.87. The summed E-state index contributed by atoms with van der Waals surface area (Å²) in [5, 5.41) is 3.15. The van der Waals surface area contributed by atoms with Crippen LogP contribution in [0.5, 0.6) is 0 Å². The van der Waals surface area contributed by atoms with Crippen molar-refractivity contribution in [2.75, 3.05) is 0 Å². The molecule has 0 aliphatic heterocycles. The molecule has 4 rings (SSSR count). The molecule has 0 saturated carbocycles. The van der Waals surface area contributed by atoms with Crippen molar-refractivity contribution >= 4 is 56.0 Å². The summed E-state index contributed by atoms with van der Waals surface area (Å²) in [6.07, 6.45) is 25.4. The highest BCUT2D eigenvalue weighted by molar-refractivity contribution is 14.1. The molecule has 0 radical (unpaired) electrons. The summed E-state index contributed by atoms with van der Waals surface area (Å²) in [4.78, 5) is 0. The lowest BCUT2D eigenvalue weighted by molar-refractivity contribution is 0.702. The Morgan fingerprint density at radius 1 is 0.386 bits per heavy atom. The maximum atomic E-state index is 2.58. The highest BCUT2D eigenvalue weighted by Gasteiger charge is 2.30.